The van der Waals surface area contributed by atoms with Crippen LogP contribution in [0.1, 0.15) is 0 Å². The fourth-order valence-corrected chi connectivity index (χ4v) is 10.6. The minimum Gasteiger partial charge on any atom is -0.309 e. The van der Waals surface area contributed by atoms with E-state index in [0.29, 0.717) is 17.5 Å². The van der Waals surface area contributed by atoms with Crippen LogP contribution in [-0.2, 0) is 0 Å². The molecule has 0 aliphatic heterocycles. The predicted octanol–water partition coefficient (Wildman–Crippen LogP) is 16.7. The summed E-state index contributed by atoms with van der Waals surface area (Å²) in [5.74, 6) is 1.85. The molecule has 0 amide bonds. The van der Waals surface area contributed by atoms with Crippen molar-refractivity contribution in [2.24, 2.45) is 0 Å². The first-order valence-corrected chi connectivity index (χ1v) is 23.8. The molecule has 0 unspecified atom stereocenters. The van der Waals surface area contributed by atoms with Crippen molar-refractivity contribution in [3.8, 4) is 67.8 Å². The van der Waals surface area contributed by atoms with Crippen LogP contribution >= 0.6 is 0 Å². The van der Waals surface area contributed by atoms with Crippen molar-refractivity contribution in [2.75, 3.05) is 0 Å². The molecule has 0 saturated heterocycles. The molecule has 0 radical (unpaired) electrons. The fraction of sp³-hybridized carbons (Fsp3) is 0. The second kappa shape index (κ2) is 16.1. The highest BCUT2D eigenvalue weighted by molar-refractivity contribution is 6.24. The van der Waals surface area contributed by atoms with E-state index in [1.807, 2.05) is 12.1 Å². The highest BCUT2D eigenvalue weighted by atomic mass is 15.0. The van der Waals surface area contributed by atoms with Crippen LogP contribution in [0, 0.1) is 0 Å². The molecule has 3 aromatic heterocycles. The summed E-state index contributed by atoms with van der Waals surface area (Å²) >= 11 is 0. The van der Waals surface area contributed by atoms with Gasteiger partial charge in [-0.05, 0) is 75.5 Å². The van der Waals surface area contributed by atoms with E-state index < -0.39 is 0 Å². The Bertz CT molecular complexity index is 4200. The lowest BCUT2D eigenvalue weighted by Crippen LogP contribution is -2.01. The third-order valence-electron chi connectivity index (χ3n) is 14.0. The molecule has 0 N–H and O–H groups in total. The van der Waals surface area contributed by atoms with Gasteiger partial charge in [-0.2, -0.15) is 0 Å². The zero-order valence-electron chi connectivity index (χ0n) is 37.9. The third-order valence-corrected chi connectivity index (χ3v) is 14.0. The van der Waals surface area contributed by atoms with Gasteiger partial charge in [0.1, 0.15) is 0 Å². The molecule has 0 aliphatic carbocycles. The molecule has 11 aromatic carbocycles. The van der Waals surface area contributed by atoms with Crippen molar-refractivity contribution < 1.29 is 0 Å². The minimum atomic E-state index is 0.611. The quantitative estimate of drug-likeness (QED) is 0.160. The van der Waals surface area contributed by atoms with Gasteiger partial charge in [0.05, 0.1) is 27.8 Å². The van der Waals surface area contributed by atoms with E-state index in [1.54, 1.807) is 0 Å². The zero-order valence-corrected chi connectivity index (χ0v) is 37.9. The third kappa shape index (κ3) is 6.44. The molecule has 0 saturated carbocycles. The van der Waals surface area contributed by atoms with Crippen LogP contribution in [0.15, 0.2) is 249 Å². The molecule has 3 heterocycles. The molecule has 70 heavy (non-hydrogen) atoms. The largest absolute Gasteiger partial charge is 0.309 e. The topological polar surface area (TPSA) is 48.5 Å². The van der Waals surface area contributed by atoms with E-state index >= 15 is 0 Å². The Morgan fingerprint density at radius 3 is 1.27 bits per heavy atom. The van der Waals surface area contributed by atoms with E-state index in [1.165, 1.54) is 59.8 Å². The van der Waals surface area contributed by atoms with E-state index in [9.17, 15) is 0 Å². The molecule has 0 fully saturated rings. The number of benzene rings is 11. The molecule has 0 aliphatic rings. The number of fused-ring (bicyclic) bond motifs is 9. The Labute approximate surface area is 403 Å². The predicted molar refractivity (Wildman–Crippen MR) is 291 cm³/mol. The van der Waals surface area contributed by atoms with Gasteiger partial charge in [-0.3, -0.25) is 0 Å². The number of aromatic nitrogens is 5. The zero-order chi connectivity index (χ0) is 46.1. The lowest BCUT2D eigenvalue weighted by Gasteiger charge is -2.16. The van der Waals surface area contributed by atoms with Crippen molar-refractivity contribution in [3.05, 3.63) is 249 Å². The van der Waals surface area contributed by atoms with Gasteiger partial charge in [0.2, 0.25) is 0 Å². The summed E-state index contributed by atoms with van der Waals surface area (Å²) in [6, 6.07) is 88.8. The van der Waals surface area contributed by atoms with E-state index in [0.717, 1.165) is 55.7 Å². The van der Waals surface area contributed by atoms with Crippen LogP contribution in [0.4, 0.5) is 0 Å². The molecule has 326 valence electrons. The first-order valence-electron chi connectivity index (χ1n) is 23.8. The van der Waals surface area contributed by atoms with Crippen molar-refractivity contribution in [1.29, 1.82) is 0 Å². The van der Waals surface area contributed by atoms with Crippen LogP contribution in [0.5, 0.6) is 0 Å². The Balaban J connectivity index is 0.945. The first kappa shape index (κ1) is 39.7. The summed E-state index contributed by atoms with van der Waals surface area (Å²) in [4.78, 5) is 15.5. The maximum absolute atomic E-state index is 5.17. The molecule has 5 heteroatoms. The molecule has 0 atom stereocenters. The van der Waals surface area contributed by atoms with Gasteiger partial charge < -0.3 is 9.13 Å². The monoisotopic (exact) mass is 891 g/mol. The molecular formula is C65H41N5. The molecule has 0 bridgehead atoms. The molecule has 5 nitrogen and oxygen atoms in total. The number of hydrogen-bond acceptors (Lipinski definition) is 3. The van der Waals surface area contributed by atoms with Crippen LogP contribution < -0.4 is 0 Å². The fourth-order valence-electron chi connectivity index (χ4n) is 10.6. The number of hydrogen-bond donors (Lipinski definition) is 0. The van der Waals surface area contributed by atoms with Gasteiger partial charge in [-0.1, -0.05) is 206 Å². The number of nitrogens with zero attached hydrogens (tertiary/aromatic N) is 5. The Kier molecular flexibility index (Phi) is 9.14. The molecule has 14 rings (SSSR count). The lowest BCUT2D eigenvalue weighted by molar-refractivity contribution is 1.07. The van der Waals surface area contributed by atoms with E-state index in [4.69, 9.17) is 15.0 Å². The van der Waals surface area contributed by atoms with Crippen LogP contribution in [-0.4, -0.2) is 24.1 Å². The SMILES string of the molecule is c1ccc(-c2ccc(-c3nc(-c4ccc(-c5ccccc5)cc4)nc(-c4ccc(-n5c6ccccc6c6c(-n7c8ccccc8c8ccc9ccccc9c87)c7ccccc7cc65)cc4)n3)cc2)cc1. The van der Waals surface area contributed by atoms with Gasteiger partial charge in [-0.15, -0.1) is 0 Å². The summed E-state index contributed by atoms with van der Waals surface area (Å²) < 4.78 is 4.96. The highest BCUT2D eigenvalue weighted by Crippen LogP contribution is 2.45. The summed E-state index contributed by atoms with van der Waals surface area (Å²) in [7, 11) is 0. The van der Waals surface area contributed by atoms with Crippen molar-refractivity contribution in [3.63, 3.8) is 0 Å². The second-order valence-electron chi connectivity index (χ2n) is 18.0. The standard InChI is InChI=1S/C65H41N5/c1-3-15-42(16-4-1)44-27-31-47(32-28-44)63-66-64(48-33-29-45(30-34-48)43-17-5-2-6-18-43)68-65(67-63)49-35-38-51(39-36-49)69-58-26-14-12-24-56(58)60-59(69)41-50-20-8-10-22-53(50)62(60)70-57-25-13-11-23-54(57)55-40-37-46-19-7-9-21-52(46)61(55)70/h1-41H. The van der Waals surface area contributed by atoms with Crippen LogP contribution in [0.2, 0.25) is 0 Å². The Morgan fingerprint density at radius 2 is 0.686 bits per heavy atom. The van der Waals surface area contributed by atoms with Gasteiger partial charge in [0, 0.05) is 54.7 Å². The van der Waals surface area contributed by atoms with Gasteiger partial charge >= 0.3 is 0 Å². The van der Waals surface area contributed by atoms with Gasteiger partial charge in [0.25, 0.3) is 0 Å². The normalized spacial score (nSPS) is 11.7. The summed E-state index contributed by atoms with van der Waals surface area (Å²) in [5, 5.41) is 9.71. The second-order valence-corrected chi connectivity index (χ2v) is 18.0. The summed E-state index contributed by atoms with van der Waals surface area (Å²) in [6.45, 7) is 0. The summed E-state index contributed by atoms with van der Waals surface area (Å²) in [5.41, 5.74) is 14.3. The average Bonchev–Trinajstić information content (AvgIpc) is 3.96. The van der Waals surface area contributed by atoms with Gasteiger partial charge in [-0.25, -0.2) is 15.0 Å². The minimum absolute atomic E-state index is 0.611. The number of para-hydroxylation sites is 2. The van der Waals surface area contributed by atoms with Crippen molar-refractivity contribution in [1.82, 2.24) is 24.1 Å². The number of rotatable bonds is 7. The van der Waals surface area contributed by atoms with Crippen LogP contribution in [0.3, 0.4) is 0 Å². The lowest BCUT2D eigenvalue weighted by atomic mass is 10.0. The van der Waals surface area contributed by atoms with Crippen LogP contribution in [0.25, 0.3) is 133 Å². The maximum Gasteiger partial charge on any atom is 0.164 e. The summed E-state index contributed by atoms with van der Waals surface area (Å²) in [6.07, 6.45) is 0. The first-order chi connectivity index (χ1) is 34.7. The molecule has 0 spiro atoms. The van der Waals surface area contributed by atoms with Gasteiger partial charge in [0.15, 0.2) is 17.5 Å². The molecular weight excluding hydrogens is 851 g/mol. The maximum atomic E-state index is 5.17. The van der Waals surface area contributed by atoms with Crippen molar-refractivity contribution in [2.45, 2.75) is 0 Å². The average molecular weight is 892 g/mol. The molecule has 14 aromatic rings. The van der Waals surface area contributed by atoms with Crippen molar-refractivity contribution >= 4 is 65.2 Å². The van der Waals surface area contributed by atoms with E-state index in [2.05, 4.69) is 246 Å². The highest BCUT2D eigenvalue weighted by Gasteiger charge is 2.23. The van der Waals surface area contributed by atoms with E-state index in [-0.39, 0.29) is 0 Å². The Morgan fingerprint density at radius 1 is 0.257 bits per heavy atom. The Hall–Kier alpha value is -9.45. The smallest absolute Gasteiger partial charge is 0.164 e.